The lowest BCUT2D eigenvalue weighted by Gasteiger charge is -2.07. The van der Waals surface area contributed by atoms with Crippen LogP contribution in [0.15, 0.2) is 18.6 Å². The second kappa shape index (κ2) is 6.08. The van der Waals surface area contributed by atoms with Crippen molar-refractivity contribution < 1.29 is 9.53 Å². The molecule has 0 fully saturated rings. The number of nitrogens with one attached hydrogen (secondary N) is 1. The number of carbonyl (C=O) groups excluding carboxylic acids is 1. The predicted octanol–water partition coefficient (Wildman–Crippen LogP) is 0.631. The predicted molar refractivity (Wildman–Crippen MR) is 55.5 cm³/mol. The number of aromatic nitrogens is 2. The molecule has 0 spiro atoms. The van der Waals surface area contributed by atoms with Crippen molar-refractivity contribution in [1.29, 1.82) is 0 Å². The van der Waals surface area contributed by atoms with Crippen LogP contribution in [0.4, 0.5) is 0 Å². The molecular formula is C10H15N3O2. The summed E-state index contributed by atoms with van der Waals surface area (Å²) in [6, 6.07) is 0. The van der Waals surface area contributed by atoms with Crippen LogP contribution in [-0.4, -0.2) is 35.1 Å². The normalized spacial score (nSPS) is 10.3. The number of carbonyl (C=O) groups is 1. The van der Waals surface area contributed by atoms with Gasteiger partial charge in [-0.15, -0.1) is 0 Å². The van der Waals surface area contributed by atoms with Crippen LogP contribution in [0.25, 0.3) is 0 Å². The first-order chi connectivity index (χ1) is 7.20. The van der Waals surface area contributed by atoms with Crippen LogP contribution < -0.4 is 5.32 Å². The number of hydrogen-bond donors (Lipinski definition) is 1. The van der Waals surface area contributed by atoms with Gasteiger partial charge in [-0.2, -0.15) is 0 Å². The van der Waals surface area contributed by atoms with Crippen LogP contribution in [0.3, 0.4) is 0 Å². The standard InChI is InChI=1S/C10H15N3O2/c1-8(2)15-6-5-13-10(14)9-7-11-3-4-12-9/h3-4,7-8H,5-6H2,1-2H3,(H,13,14). The molecule has 0 atom stereocenters. The lowest BCUT2D eigenvalue weighted by molar-refractivity contribution is 0.0744. The maximum absolute atomic E-state index is 11.4. The third kappa shape index (κ3) is 4.51. The maximum Gasteiger partial charge on any atom is 0.271 e. The van der Waals surface area contributed by atoms with Crippen LogP contribution in [0, 0.1) is 0 Å². The molecule has 1 heterocycles. The van der Waals surface area contributed by atoms with Crippen LogP contribution in [0.5, 0.6) is 0 Å². The van der Waals surface area contributed by atoms with Crippen molar-refractivity contribution in [2.75, 3.05) is 13.2 Å². The molecule has 0 saturated heterocycles. The van der Waals surface area contributed by atoms with Gasteiger partial charge >= 0.3 is 0 Å². The number of ether oxygens (including phenoxy) is 1. The molecule has 1 aromatic heterocycles. The SMILES string of the molecule is CC(C)OCCNC(=O)c1cnccn1. The molecule has 1 amide bonds. The lowest BCUT2D eigenvalue weighted by atomic mass is 10.4. The Bertz CT molecular complexity index is 301. The quantitative estimate of drug-likeness (QED) is 0.722. The topological polar surface area (TPSA) is 64.1 Å². The molecule has 5 heteroatoms. The molecule has 1 rings (SSSR count). The van der Waals surface area contributed by atoms with Gasteiger partial charge in [0.05, 0.1) is 18.9 Å². The average molecular weight is 209 g/mol. The third-order valence-corrected chi connectivity index (χ3v) is 1.63. The van der Waals surface area contributed by atoms with Crippen molar-refractivity contribution in [3.05, 3.63) is 24.3 Å². The number of nitrogens with zero attached hydrogens (tertiary/aromatic N) is 2. The van der Waals surface area contributed by atoms with Gasteiger partial charge in [-0.25, -0.2) is 4.98 Å². The van der Waals surface area contributed by atoms with Gasteiger partial charge in [0, 0.05) is 18.9 Å². The molecule has 1 aromatic rings. The third-order valence-electron chi connectivity index (χ3n) is 1.63. The molecule has 0 radical (unpaired) electrons. The Morgan fingerprint density at radius 1 is 1.53 bits per heavy atom. The highest BCUT2D eigenvalue weighted by Crippen LogP contribution is 1.90. The summed E-state index contributed by atoms with van der Waals surface area (Å²) in [4.78, 5) is 19.1. The number of hydrogen-bond acceptors (Lipinski definition) is 4. The molecule has 5 nitrogen and oxygen atoms in total. The van der Waals surface area contributed by atoms with Gasteiger partial charge in [0.2, 0.25) is 0 Å². The van der Waals surface area contributed by atoms with Gasteiger partial charge in [-0.1, -0.05) is 0 Å². The highest BCUT2D eigenvalue weighted by Gasteiger charge is 2.05. The van der Waals surface area contributed by atoms with E-state index in [-0.39, 0.29) is 12.0 Å². The van der Waals surface area contributed by atoms with Crippen LogP contribution >= 0.6 is 0 Å². The summed E-state index contributed by atoms with van der Waals surface area (Å²) < 4.78 is 5.28. The van der Waals surface area contributed by atoms with Gasteiger partial charge < -0.3 is 10.1 Å². The fourth-order valence-electron chi connectivity index (χ4n) is 0.966. The fourth-order valence-corrected chi connectivity index (χ4v) is 0.966. The van der Waals surface area contributed by atoms with E-state index >= 15 is 0 Å². The summed E-state index contributed by atoms with van der Waals surface area (Å²) in [5.41, 5.74) is 0.321. The molecular weight excluding hydrogens is 194 g/mol. The van der Waals surface area contributed by atoms with E-state index in [4.69, 9.17) is 4.74 Å². The second-order valence-corrected chi connectivity index (χ2v) is 3.27. The van der Waals surface area contributed by atoms with Crippen LogP contribution in [0.2, 0.25) is 0 Å². The molecule has 0 aliphatic rings. The van der Waals surface area contributed by atoms with Crippen molar-refractivity contribution in [1.82, 2.24) is 15.3 Å². The minimum atomic E-state index is -0.226. The molecule has 0 saturated carbocycles. The minimum absolute atomic E-state index is 0.179. The zero-order valence-corrected chi connectivity index (χ0v) is 8.93. The summed E-state index contributed by atoms with van der Waals surface area (Å²) in [5.74, 6) is -0.226. The first-order valence-electron chi connectivity index (χ1n) is 4.86. The number of rotatable bonds is 5. The van der Waals surface area contributed by atoms with E-state index in [1.165, 1.54) is 18.6 Å². The van der Waals surface area contributed by atoms with Gasteiger partial charge in [-0.3, -0.25) is 9.78 Å². The van der Waals surface area contributed by atoms with E-state index < -0.39 is 0 Å². The molecule has 15 heavy (non-hydrogen) atoms. The zero-order valence-electron chi connectivity index (χ0n) is 8.93. The Kier molecular flexibility index (Phi) is 4.70. The van der Waals surface area contributed by atoms with Gasteiger partial charge in [-0.05, 0) is 13.8 Å². The fraction of sp³-hybridized carbons (Fsp3) is 0.500. The van der Waals surface area contributed by atoms with E-state index in [1.54, 1.807) is 0 Å². The Balaban J connectivity index is 2.25. The zero-order chi connectivity index (χ0) is 11.1. The molecule has 0 bridgehead atoms. The van der Waals surface area contributed by atoms with Crippen molar-refractivity contribution in [3.63, 3.8) is 0 Å². The first kappa shape index (κ1) is 11.6. The first-order valence-corrected chi connectivity index (χ1v) is 4.86. The Labute approximate surface area is 88.9 Å². The van der Waals surface area contributed by atoms with E-state index in [1.807, 2.05) is 13.8 Å². The van der Waals surface area contributed by atoms with Gasteiger partial charge in [0.1, 0.15) is 5.69 Å². The minimum Gasteiger partial charge on any atom is -0.377 e. The van der Waals surface area contributed by atoms with Crippen LogP contribution in [0.1, 0.15) is 24.3 Å². The second-order valence-electron chi connectivity index (χ2n) is 3.27. The number of amides is 1. The van der Waals surface area contributed by atoms with E-state index in [0.29, 0.717) is 18.8 Å². The average Bonchev–Trinajstić information content (AvgIpc) is 2.25. The van der Waals surface area contributed by atoms with Crippen molar-refractivity contribution in [2.24, 2.45) is 0 Å². The van der Waals surface area contributed by atoms with Crippen molar-refractivity contribution in [2.45, 2.75) is 20.0 Å². The highest BCUT2D eigenvalue weighted by molar-refractivity contribution is 5.91. The summed E-state index contributed by atoms with van der Waals surface area (Å²) in [5, 5.41) is 2.69. The summed E-state index contributed by atoms with van der Waals surface area (Å²) in [6.07, 6.45) is 4.62. The smallest absolute Gasteiger partial charge is 0.271 e. The monoisotopic (exact) mass is 209 g/mol. The maximum atomic E-state index is 11.4. The van der Waals surface area contributed by atoms with E-state index in [0.717, 1.165) is 0 Å². The Morgan fingerprint density at radius 2 is 2.33 bits per heavy atom. The van der Waals surface area contributed by atoms with Crippen LogP contribution in [-0.2, 0) is 4.74 Å². The van der Waals surface area contributed by atoms with Gasteiger partial charge in [0.15, 0.2) is 0 Å². The largest absolute Gasteiger partial charge is 0.377 e. The summed E-state index contributed by atoms with van der Waals surface area (Å²) in [6.45, 7) is 4.88. The molecule has 82 valence electrons. The Morgan fingerprint density at radius 3 is 2.93 bits per heavy atom. The molecule has 0 aromatic carbocycles. The molecule has 0 aliphatic carbocycles. The molecule has 1 N–H and O–H groups in total. The summed E-state index contributed by atoms with van der Waals surface area (Å²) >= 11 is 0. The van der Waals surface area contributed by atoms with E-state index in [9.17, 15) is 4.79 Å². The summed E-state index contributed by atoms with van der Waals surface area (Å²) in [7, 11) is 0. The van der Waals surface area contributed by atoms with Crippen molar-refractivity contribution in [3.8, 4) is 0 Å². The highest BCUT2D eigenvalue weighted by atomic mass is 16.5. The lowest BCUT2D eigenvalue weighted by Crippen LogP contribution is -2.28. The molecule has 0 aliphatic heterocycles. The molecule has 0 unspecified atom stereocenters. The van der Waals surface area contributed by atoms with Gasteiger partial charge in [0.25, 0.3) is 5.91 Å². The Hall–Kier alpha value is -1.49. The van der Waals surface area contributed by atoms with Crippen molar-refractivity contribution >= 4 is 5.91 Å². The van der Waals surface area contributed by atoms with E-state index in [2.05, 4.69) is 15.3 Å².